The van der Waals surface area contributed by atoms with Gasteiger partial charge in [-0.15, -0.1) is 10.2 Å². The van der Waals surface area contributed by atoms with Crippen LogP contribution in [0.4, 0.5) is 5.82 Å². The van der Waals surface area contributed by atoms with E-state index in [9.17, 15) is 4.79 Å². The van der Waals surface area contributed by atoms with Gasteiger partial charge in [-0.3, -0.25) is 4.79 Å². The van der Waals surface area contributed by atoms with Gasteiger partial charge in [-0.2, -0.15) is 0 Å². The van der Waals surface area contributed by atoms with Crippen LogP contribution in [0.5, 0.6) is 0 Å². The largest absolute Gasteiger partial charge is 0.411 e. The number of halogens is 1. The predicted octanol–water partition coefficient (Wildman–Crippen LogP) is 4.78. The average molecular weight is 441 g/mol. The number of benzene rings is 2. The Morgan fingerprint density at radius 3 is 2.78 bits per heavy atom. The van der Waals surface area contributed by atoms with Crippen LogP contribution in [0.15, 0.2) is 74.9 Å². The number of aromatic nitrogens is 3. The first-order valence-electron chi connectivity index (χ1n) is 8.05. The summed E-state index contributed by atoms with van der Waals surface area (Å²) < 4.78 is 6.58. The molecule has 1 amide bonds. The fourth-order valence-corrected chi connectivity index (χ4v) is 3.34. The number of nitrogens with one attached hydrogen (secondary N) is 1. The van der Waals surface area contributed by atoms with Crippen LogP contribution >= 0.6 is 27.7 Å². The number of anilines is 1. The fraction of sp³-hybridized carbons (Fsp3) is 0.0526. The summed E-state index contributed by atoms with van der Waals surface area (Å²) in [7, 11) is 0. The molecule has 134 valence electrons. The molecule has 4 rings (SSSR count). The summed E-state index contributed by atoms with van der Waals surface area (Å²) in [6.45, 7) is 0. The molecule has 2 heterocycles. The van der Waals surface area contributed by atoms with Crippen LogP contribution in [0.1, 0.15) is 0 Å². The number of hydrogen-bond donors (Lipinski definition) is 1. The van der Waals surface area contributed by atoms with Gasteiger partial charge in [0.25, 0.3) is 5.22 Å². The van der Waals surface area contributed by atoms with Crippen LogP contribution in [-0.4, -0.2) is 26.8 Å². The van der Waals surface area contributed by atoms with Crippen molar-refractivity contribution in [2.24, 2.45) is 0 Å². The lowest BCUT2D eigenvalue weighted by molar-refractivity contribution is -0.113. The van der Waals surface area contributed by atoms with E-state index < -0.39 is 0 Å². The van der Waals surface area contributed by atoms with Gasteiger partial charge in [0.2, 0.25) is 11.8 Å². The Bertz CT molecular complexity index is 1090. The number of carbonyl (C=O) groups is 1. The molecular weight excluding hydrogens is 428 g/mol. The zero-order valence-corrected chi connectivity index (χ0v) is 16.3. The van der Waals surface area contributed by atoms with Crippen molar-refractivity contribution in [3.8, 4) is 11.5 Å². The number of fused-ring (bicyclic) bond motifs is 1. The molecule has 0 saturated heterocycles. The molecule has 4 aromatic rings. The van der Waals surface area contributed by atoms with Crippen LogP contribution in [0.25, 0.3) is 22.2 Å². The van der Waals surface area contributed by atoms with Gasteiger partial charge in [-0.25, -0.2) is 4.98 Å². The molecule has 0 spiro atoms. The molecule has 0 atom stereocenters. The first kappa shape index (κ1) is 17.7. The van der Waals surface area contributed by atoms with E-state index in [1.54, 1.807) is 12.3 Å². The first-order valence-corrected chi connectivity index (χ1v) is 9.83. The van der Waals surface area contributed by atoms with Gasteiger partial charge in [0, 0.05) is 16.2 Å². The topological polar surface area (TPSA) is 80.9 Å². The summed E-state index contributed by atoms with van der Waals surface area (Å²) in [6, 6.07) is 17.5. The first-order chi connectivity index (χ1) is 13.2. The summed E-state index contributed by atoms with van der Waals surface area (Å²) in [5, 5.41) is 13.4. The molecule has 0 radical (unpaired) electrons. The molecule has 1 N–H and O–H groups in total. The summed E-state index contributed by atoms with van der Waals surface area (Å²) >= 11 is 4.49. The Labute approximate surface area is 167 Å². The summed E-state index contributed by atoms with van der Waals surface area (Å²) in [5.41, 5.74) is 0.871. The maximum absolute atomic E-state index is 12.0. The van der Waals surface area contributed by atoms with Crippen molar-refractivity contribution < 1.29 is 9.21 Å². The van der Waals surface area contributed by atoms with E-state index in [1.165, 1.54) is 11.8 Å². The van der Waals surface area contributed by atoms with Crippen molar-refractivity contribution >= 4 is 50.2 Å². The normalized spacial score (nSPS) is 10.9. The number of pyridine rings is 1. The second-order valence-corrected chi connectivity index (χ2v) is 7.44. The van der Waals surface area contributed by atoms with Crippen molar-refractivity contribution in [1.29, 1.82) is 0 Å². The van der Waals surface area contributed by atoms with Crippen LogP contribution in [0.2, 0.25) is 0 Å². The Morgan fingerprint density at radius 2 is 1.93 bits per heavy atom. The van der Waals surface area contributed by atoms with E-state index >= 15 is 0 Å². The highest BCUT2D eigenvalue weighted by atomic mass is 79.9. The van der Waals surface area contributed by atoms with Gasteiger partial charge in [-0.05, 0) is 44.9 Å². The zero-order valence-electron chi connectivity index (χ0n) is 13.9. The van der Waals surface area contributed by atoms with E-state index in [0.29, 0.717) is 16.9 Å². The van der Waals surface area contributed by atoms with E-state index in [1.807, 2.05) is 48.5 Å². The highest BCUT2D eigenvalue weighted by molar-refractivity contribution is 9.10. The van der Waals surface area contributed by atoms with Gasteiger partial charge in [0.1, 0.15) is 5.82 Å². The minimum Gasteiger partial charge on any atom is -0.411 e. The van der Waals surface area contributed by atoms with Gasteiger partial charge < -0.3 is 9.73 Å². The highest BCUT2D eigenvalue weighted by Crippen LogP contribution is 2.29. The summed E-state index contributed by atoms with van der Waals surface area (Å²) in [6.07, 6.45) is 1.62. The monoisotopic (exact) mass is 440 g/mol. The van der Waals surface area contributed by atoms with E-state index in [2.05, 4.69) is 36.4 Å². The third-order valence-corrected chi connectivity index (χ3v) is 5.04. The van der Waals surface area contributed by atoms with Crippen molar-refractivity contribution in [2.45, 2.75) is 5.22 Å². The number of rotatable bonds is 5. The fourth-order valence-electron chi connectivity index (χ4n) is 2.54. The lowest BCUT2D eigenvalue weighted by Crippen LogP contribution is -2.14. The maximum Gasteiger partial charge on any atom is 0.277 e. The zero-order chi connectivity index (χ0) is 18.6. The third-order valence-electron chi connectivity index (χ3n) is 3.75. The second-order valence-electron chi connectivity index (χ2n) is 5.60. The molecule has 0 unspecified atom stereocenters. The molecule has 0 saturated carbocycles. The van der Waals surface area contributed by atoms with Gasteiger partial charge in [-0.1, -0.05) is 48.2 Å². The number of carbonyl (C=O) groups excluding carboxylic acids is 1. The lowest BCUT2D eigenvalue weighted by atomic mass is 10.0. The molecular formula is C19H13BrN4O2S. The van der Waals surface area contributed by atoms with E-state index in [0.717, 1.165) is 20.8 Å². The predicted molar refractivity (Wildman–Crippen MR) is 109 cm³/mol. The smallest absolute Gasteiger partial charge is 0.277 e. The van der Waals surface area contributed by atoms with E-state index in [-0.39, 0.29) is 11.7 Å². The molecule has 0 aliphatic carbocycles. The maximum atomic E-state index is 12.0. The lowest BCUT2D eigenvalue weighted by Gasteiger charge is -2.03. The van der Waals surface area contributed by atoms with Crippen LogP contribution in [0.3, 0.4) is 0 Å². The molecule has 0 bridgehead atoms. The van der Waals surface area contributed by atoms with Crippen LogP contribution < -0.4 is 5.32 Å². The Balaban J connectivity index is 1.43. The molecule has 8 heteroatoms. The molecule has 0 aliphatic heterocycles. The van der Waals surface area contributed by atoms with Gasteiger partial charge in [0.05, 0.1) is 5.75 Å². The molecule has 2 aromatic heterocycles. The minimum atomic E-state index is -0.195. The number of amides is 1. The van der Waals surface area contributed by atoms with Gasteiger partial charge >= 0.3 is 0 Å². The standard InChI is InChI=1S/C19H13BrN4O2S/c20-13-8-9-16(21-10-13)22-17(25)11-27-19-24-23-18(26-19)15-7-3-5-12-4-1-2-6-14(12)15/h1-10H,11H2,(H,21,22,25). The average Bonchev–Trinajstić information content (AvgIpc) is 3.17. The number of thioether (sulfide) groups is 1. The van der Waals surface area contributed by atoms with Crippen molar-refractivity contribution in [1.82, 2.24) is 15.2 Å². The Hall–Kier alpha value is -2.71. The Kier molecular flexibility index (Phi) is 5.17. The minimum absolute atomic E-state index is 0.148. The number of nitrogens with zero attached hydrogens (tertiary/aromatic N) is 3. The summed E-state index contributed by atoms with van der Waals surface area (Å²) in [4.78, 5) is 16.2. The Morgan fingerprint density at radius 1 is 1.07 bits per heavy atom. The second kappa shape index (κ2) is 7.89. The molecule has 0 aliphatic rings. The highest BCUT2D eigenvalue weighted by Gasteiger charge is 2.13. The molecule has 27 heavy (non-hydrogen) atoms. The van der Waals surface area contributed by atoms with Crippen LogP contribution in [-0.2, 0) is 4.79 Å². The molecule has 2 aromatic carbocycles. The third kappa shape index (κ3) is 4.17. The van der Waals surface area contributed by atoms with Crippen molar-refractivity contribution in [3.05, 3.63) is 65.3 Å². The molecule has 0 fully saturated rings. The van der Waals surface area contributed by atoms with Gasteiger partial charge in [0.15, 0.2) is 0 Å². The van der Waals surface area contributed by atoms with Crippen molar-refractivity contribution in [3.63, 3.8) is 0 Å². The number of hydrogen-bond acceptors (Lipinski definition) is 6. The summed E-state index contributed by atoms with van der Waals surface area (Å²) in [5.74, 6) is 0.879. The quantitative estimate of drug-likeness (QED) is 0.449. The molecule has 6 nitrogen and oxygen atoms in total. The van der Waals surface area contributed by atoms with Crippen molar-refractivity contribution in [2.75, 3.05) is 11.1 Å². The van der Waals surface area contributed by atoms with Crippen LogP contribution in [0, 0.1) is 0 Å². The SMILES string of the molecule is O=C(CSc1nnc(-c2cccc3ccccc23)o1)Nc1ccc(Br)cn1. The van der Waals surface area contributed by atoms with E-state index in [4.69, 9.17) is 4.42 Å².